The number of pyridine rings is 1. The molecule has 1 N–H and O–H groups in total. The van der Waals surface area contributed by atoms with E-state index in [-0.39, 0.29) is 11.8 Å². The second-order valence-corrected chi connectivity index (χ2v) is 6.79. The summed E-state index contributed by atoms with van der Waals surface area (Å²) in [6, 6.07) is 1.98. The topological polar surface area (TPSA) is 80.1 Å². The van der Waals surface area contributed by atoms with Crippen LogP contribution in [-0.4, -0.2) is 44.3 Å². The lowest BCUT2D eigenvalue weighted by Crippen LogP contribution is -2.34. The molecule has 0 spiro atoms. The van der Waals surface area contributed by atoms with Gasteiger partial charge in [0.05, 0.1) is 6.33 Å². The summed E-state index contributed by atoms with van der Waals surface area (Å²) in [5.74, 6) is 0.624. The van der Waals surface area contributed by atoms with Gasteiger partial charge >= 0.3 is 0 Å². The molecule has 4 rings (SSSR count). The monoisotopic (exact) mass is 363 g/mol. The van der Waals surface area contributed by atoms with Crippen LogP contribution in [0.1, 0.15) is 24.0 Å². The molecule has 0 bridgehead atoms. The molecule has 0 aromatic carbocycles. The van der Waals surface area contributed by atoms with Crippen LogP contribution in [0.25, 0.3) is 6.08 Å². The van der Waals surface area contributed by atoms with Crippen LogP contribution in [0.5, 0.6) is 0 Å². The molecule has 2 aliphatic heterocycles. The lowest BCUT2D eigenvalue weighted by molar-refractivity contribution is -0.125. The molecule has 4 heterocycles. The van der Waals surface area contributed by atoms with Gasteiger partial charge in [-0.2, -0.15) is 0 Å². The van der Waals surface area contributed by atoms with Crippen molar-refractivity contribution in [3.05, 3.63) is 59.8 Å². The smallest absolute Gasteiger partial charge is 0.246 e. The van der Waals surface area contributed by atoms with Gasteiger partial charge in [0.2, 0.25) is 11.8 Å². The number of fused-ring (bicyclic) bond motifs is 1. The van der Waals surface area contributed by atoms with E-state index in [1.54, 1.807) is 30.9 Å². The van der Waals surface area contributed by atoms with Crippen LogP contribution in [0.15, 0.2) is 48.7 Å². The first-order chi connectivity index (χ1) is 13.2. The molecule has 0 saturated carbocycles. The Balaban J connectivity index is 1.35. The van der Waals surface area contributed by atoms with E-state index < -0.39 is 0 Å². The van der Waals surface area contributed by atoms with Gasteiger partial charge in [0.15, 0.2) is 0 Å². The average Bonchev–Trinajstić information content (AvgIpc) is 3.19. The number of anilines is 1. The third-order valence-electron chi connectivity index (χ3n) is 4.85. The minimum absolute atomic E-state index is 0.000897. The summed E-state index contributed by atoms with van der Waals surface area (Å²) < 4.78 is 2.04. The predicted molar refractivity (Wildman–Crippen MR) is 102 cm³/mol. The van der Waals surface area contributed by atoms with Gasteiger partial charge in [0.25, 0.3) is 0 Å². The van der Waals surface area contributed by atoms with Crippen molar-refractivity contribution in [1.29, 1.82) is 0 Å². The molecular weight excluding hydrogens is 342 g/mol. The number of hydrogen-bond donors (Lipinski definition) is 1. The number of rotatable bonds is 4. The molecule has 7 heteroatoms. The molecular formula is C20H21N5O2. The Kier molecular flexibility index (Phi) is 4.82. The Hall–Kier alpha value is -3.22. The fourth-order valence-electron chi connectivity index (χ4n) is 3.31. The molecule has 0 radical (unpaired) electrons. The maximum atomic E-state index is 12.4. The maximum absolute atomic E-state index is 12.4. The molecule has 7 nitrogen and oxygen atoms in total. The third kappa shape index (κ3) is 4.13. The molecule has 2 aromatic heterocycles. The molecule has 0 aliphatic carbocycles. The van der Waals surface area contributed by atoms with Crippen LogP contribution in [0.4, 0.5) is 5.82 Å². The van der Waals surface area contributed by atoms with Gasteiger partial charge in [-0.05, 0) is 36.1 Å². The molecule has 2 aromatic rings. The number of nitrogens with zero attached hydrogens (tertiary/aromatic N) is 4. The Labute approximate surface area is 157 Å². The van der Waals surface area contributed by atoms with Crippen molar-refractivity contribution in [3.63, 3.8) is 0 Å². The van der Waals surface area contributed by atoms with Crippen LogP contribution in [-0.2, 0) is 22.6 Å². The van der Waals surface area contributed by atoms with Gasteiger partial charge in [0, 0.05) is 50.7 Å². The number of aromatic nitrogens is 3. The van der Waals surface area contributed by atoms with E-state index >= 15 is 0 Å². The second-order valence-electron chi connectivity index (χ2n) is 6.79. The summed E-state index contributed by atoms with van der Waals surface area (Å²) >= 11 is 0. The quantitative estimate of drug-likeness (QED) is 0.666. The zero-order chi connectivity index (χ0) is 18.6. The van der Waals surface area contributed by atoms with E-state index in [2.05, 4.69) is 21.4 Å². The fraction of sp³-hybridized carbons (Fsp3) is 0.300. The normalized spacial score (nSPS) is 16.8. The van der Waals surface area contributed by atoms with Gasteiger partial charge in [-0.1, -0.05) is 11.6 Å². The highest BCUT2D eigenvalue weighted by Crippen LogP contribution is 2.21. The number of nitrogens with one attached hydrogen (secondary N) is 1. The summed E-state index contributed by atoms with van der Waals surface area (Å²) in [5.41, 5.74) is 3.20. The van der Waals surface area contributed by atoms with E-state index in [0.29, 0.717) is 25.2 Å². The first-order valence-electron chi connectivity index (χ1n) is 9.07. The van der Waals surface area contributed by atoms with Gasteiger partial charge in [-0.3, -0.25) is 9.59 Å². The molecule has 2 amide bonds. The summed E-state index contributed by atoms with van der Waals surface area (Å²) in [6.07, 6.45) is 14.7. The Morgan fingerprint density at radius 2 is 2.22 bits per heavy atom. The second kappa shape index (κ2) is 7.57. The average molecular weight is 363 g/mol. The van der Waals surface area contributed by atoms with Crippen LogP contribution < -0.4 is 5.32 Å². The minimum atomic E-state index is -0.000968. The lowest BCUT2D eigenvalue weighted by Gasteiger charge is -2.25. The summed E-state index contributed by atoms with van der Waals surface area (Å²) in [4.78, 5) is 34.0. The number of carbonyl (C=O) groups is 2. The van der Waals surface area contributed by atoms with Gasteiger partial charge < -0.3 is 14.8 Å². The van der Waals surface area contributed by atoms with Gasteiger partial charge in [-0.25, -0.2) is 9.97 Å². The summed E-state index contributed by atoms with van der Waals surface area (Å²) in [5, 5.41) is 2.76. The first-order valence-corrected chi connectivity index (χ1v) is 9.07. The number of amides is 2. The summed E-state index contributed by atoms with van der Waals surface area (Å²) in [6.45, 7) is 2.18. The molecule has 0 unspecified atom stereocenters. The fourth-order valence-corrected chi connectivity index (χ4v) is 3.31. The maximum Gasteiger partial charge on any atom is 0.246 e. The third-order valence-corrected chi connectivity index (χ3v) is 4.85. The van der Waals surface area contributed by atoms with Crippen LogP contribution >= 0.6 is 0 Å². The molecule has 2 aliphatic rings. The first kappa shape index (κ1) is 17.2. The van der Waals surface area contributed by atoms with E-state index in [1.807, 2.05) is 21.7 Å². The van der Waals surface area contributed by atoms with Crippen LogP contribution in [0.3, 0.4) is 0 Å². The van der Waals surface area contributed by atoms with Crippen molar-refractivity contribution >= 4 is 23.7 Å². The molecule has 0 fully saturated rings. The van der Waals surface area contributed by atoms with E-state index in [4.69, 9.17) is 0 Å². The van der Waals surface area contributed by atoms with Gasteiger partial charge in [0.1, 0.15) is 5.82 Å². The van der Waals surface area contributed by atoms with Crippen molar-refractivity contribution in [3.8, 4) is 0 Å². The number of carbonyl (C=O) groups excluding carboxylic acids is 2. The van der Waals surface area contributed by atoms with Crippen molar-refractivity contribution in [1.82, 2.24) is 19.4 Å². The highest BCUT2D eigenvalue weighted by atomic mass is 16.2. The van der Waals surface area contributed by atoms with Crippen molar-refractivity contribution in [2.45, 2.75) is 25.8 Å². The van der Waals surface area contributed by atoms with Crippen molar-refractivity contribution < 1.29 is 9.59 Å². The SMILES string of the molecule is O=C1CCc2cc(/C=C/C(=O)N3CC=C(Cn4ccnc4)CC3)cnc2N1. The van der Waals surface area contributed by atoms with Crippen LogP contribution in [0.2, 0.25) is 0 Å². The van der Waals surface area contributed by atoms with Crippen molar-refractivity contribution in [2.24, 2.45) is 0 Å². The van der Waals surface area contributed by atoms with E-state index in [0.717, 1.165) is 30.6 Å². The standard InChI is InChI=1S/C20H21N5O2/c26-18-3-2-17-11-16(12-22-20(17)23-18)1-4-19(27)25-8-5-15(6-9-25)13-24-10-7-21-14-24/h1,4-5,7,10-12,14H,2-3,6,8-9,13H2,(H,22,23,26)/b4-1+. The minimum Gasteiger partial charge on any atom is -0.335 e. The molecule has 138 valence electrons. The molecule has 0 atom stereocenters. The highest BCUT2D eigenvalue weighted by Gasteiger charge is 2.17. The Morgan fingerprint density at radius 3 is 3.00 bits per heavy atom. The van der Waals surface area contributed by atoms with E-state index in [9.17, 15) is 9.59 Å². The number of aryl methyl sites for hydroxylation is 1. The van der Waals surface area contributed by atoms with Gasteiger partial charge in [-0.15, -0.1) is 0 Å². The van der Waals surface area contributed by atoms with Crippen LogP contribution in [0, 0.1) is 0 Å². The molecule has 0 saturated heterocycles. The van der Waals surface area contributed by atoms with E-state index in [1.165, 1.54) is 5.57 Å². The summed E-state index contributed by atoms with van der Waals surface area (Å²) in [7, 11) is 0. The largest absolute Gasteiger partial charge is 0.335 e. The zero-order valence-corrected chi connectivity index (χ0v) is 15.0. The number of imidazole rings is 1. The number of hydrogen-bond acceptors (Lipinski definition) is 4. The van der Waals surface area contributed by atoms with Crippen molar-refractivity contribution in [2.75, 3.05) is 18.4 Å². The Morgan fingerprint density at radius 1 is 1.30 bits per heavy atom. The zero-order valence-electron chi connectivity index (χ0n) is 15.0. The predicted octanol–water partition coefficient (Wildman–Crippen LogP) is 2.03. The molecule has 27 heavy (non-hydrogen) atoms. The highest BCUT2D eigenvalue weighted by molar-refractivity contribution is 5.94. The lowest BCUT2D eigenvalue weighted by atomic mass is 10.0. The Bertz CT molecular complexity index is 914.